The maximum Gasteiger partial charge on any atom is 0.267 e. The molecule has 1 saturated carbocycles. The summed E-state index contributed by atoms with van der Waals surface area (Å²) in [6.07, 6.45) is 2.12. The lowest BCUT2D eigenvalue weighted by atomic mass is 9.68. The van der Waals surface area contributed by atoms with Crippen LogP contribution in [0.4, 0.5) is 4.39 Å². The summed E-state index contributed by atoms with van der Waals surface area (Å²) in [4.78, 5) is 4.99. The van der Waals surface area contributed by atoms with Crippen molar-refractivity contribution in [2.45, 2.75) is 72.3 Å². The highest BCUT2D eigenvalue weighted by Gasteiger charge is 2.43. The highest BCUT2D eigenvalue weighted by Crippen LogP contribution is 2.45. The van der Waals surface area contributed by atoms with Crippen LogP contribution in [0.1, 0.15) is 71.8 Å². The Morgan fingerprint density at radius 2 is 1.49 bits per heavy atom. The first-order chi connectivity index (χ1) is 17.1. The summed E-state index contributed by atoms with van der Waals surface area (Å²) in [7, 11) is -7.48. The lowest BCUT2D eigenvalue weighted by Gasteiger charge is -2.42. The van der Waals surface area contributed by atoms with Gasteiger partial charge >= 0.3 is 0 Å². The first-order valence-corrected chi connectivity index (χ1v) is 16.1. The molecule has 0 bridgehead atoms. The smallest absolute Gasteiger partial charge is 0.267 e. The van der Waals surface area contributed by atoms with Crippen LogP contribution in [0.3, 0.4) is 0 Å². The molecule has 9 nitrogen and oxygen atoms in total. The summed E-state index contributed by atoms with van der Waals surface area (Å²) >= 11 is 0.678. The standard InChI is InChI=1S/C23H37FO9S3.CH4/c1-4-13-29-33-34-32-22-12-9-19(16-30-35(25,26)14-5-2)21(17-31-36(27,28)15-6-3)23(22)18-7-10-20(24)11-8-18;/h7-8,10-11,19,21-23H,4-6,9,12-17H2,1-3H3;1H4/t19-,21-,22+,23+;/m1./s1. The molecule has 13 heteroatoms. The molecule has 0 unspecified atom stereocenters. The van der Waals surface area contributed by atoms with Gasteiger partial charge in [0.25, 0.3) is 20.2 Å². The van der Waals surface area contributed by atoms with E-state index in [1.165, 1.54) is 12.1 Å². The Labute approximate surface area is 226 Å². The van der Waals surface area contributed by atoms with Crippen molar-refractivity contribution < 1.29 is 43.0 Å². The summed E-state index contributed by atoms with van der Waals surface area (Å²) in [6, 6.07) is 5.86. The Bertz CT molecular complexity index is 972. The van der Waals surface area contributed by atoms with Gasteiger partial charge in [0.05, 0.1) is 37.4 Å². The topological polar surface area (TPSA) is 114 Å². The Morgan fingerprint density at radius 1 is 0.892 bits per heavy atom. The largest absolute Gasteiger partial charge is 0.285 e. The van der Waals surface area contributed by atoms with Gasteiger partial charge in [-0.25, -0.2) is 9.28 Å². The van der Waals surface area contributed by atoms with Crippen LogP contribution < -0.4 is 0 Å². The van der Waals surface area contributed by atoms with E-state index in [1.807, 2.05) is 6.92 Å². The fraction of sp³-hybridized carbons (Fsp3) is 0.750. The minimum atomic E-state index is -3.77. The van der Waals surface area contributed by atoms with Gasteiger partial charge in [0.2, 0.25) is 0 Å². The Kier molecular flexibility index (Phi) is 15.7. The molecule has 0 aromatic heterocycles. The van der Waals surface area contributed by atoms with Gasteiger partial charge in [-0.1, -0.05) is 40.3 Å². The quantitative estimate of drug-likeness (QED) is 0.0771. The third-order valence-corrected chi connectivity index (χ3v) is 9.16. The van der Waals surface area contributed by atoms with Gasteiger partial charge in [-0.2, -0.15) is 16.8 Å². The van der Waals surface area contributed by atoms with E-state index in [0.717, 1.165) is 6.42 Å². The Hall–Kier alpha value is -0.800. The molecule has 0 aliphatic heterocycles. The third kappa shape index (κ3) is 11.9. The molecule has 37 heavy (non-hydrogen) atoms. The number of halogens is 1. The predicted octanol–water partition coefficient (Wildman–Crippen LogP) is 5.39. The molecule has 2 rings (SSSR count). The zero-order valence-corrected chi connectivity index (χ0v) is 23.4. The van der Waals surface area contributed by atoms with Crippen molar-refractivity contribution in [1.29, 1.82) is 0 Å². The predicted molar refractivity (Wildman–Crippen MR) is 142 cm³/mol. The minimum Gasteiger partial charge on any atom is -0.285 e. The van der Waals surface area contributed by atoms with E-state index < -0.39 is 44.0 Å². The molecular weight excluding hydrogens is 547 g/mol. The summed E-state index contributed by atoms with van der Waals surface area (Å²) in [5.41, 5.74) is 0.707. The molecule has 1 aliphatic rings. The van der Waals surface area contributed by atoms with Gasteiger partial charge in [-0.05, 0) is 61.6 Å². The number of benzene rings is 1. The van der Waals surface area contributed by atoms with Gasteiger partial charge in [-0.3, -0.25) is 12.5 Å². The second kappa shape index (κ2) is 17.0. The molecule has 216 valence electrons. The molecule has 0 radical (unpaired) electrons. The Morgan fingerprint density at radius 3 is 2.05 bits per heavy atom. The second-order valence-corrected chi connectivity index (χ2v) is 12.7. The second-order valence-electron chi connectivity index (χ2n) is 8.76. The van der Waals surface area contributed by atoms with Crippen molar-refractivity contribution in [2.75, 3.05) is 31.3 Å². The van der Waals surface area contributed by atoms with Crippen molar-refractivity contribution in [3.63, 3.8) is 0 Å². The minimum absolute atomic E-state index is 0. The van der Waals surface area contributed by atoms with E-state index in [0.29, 0.717) is 50.2 Å². The van der Waals surface area contributed by atoms with Gasteiger partial charge in [0.15, 0.2) is 12.3 Å². The number of hydrogen-bond acceptors (Lipinski definition) is 10. The average molecular weight is 589 g/mol. The molecule has 0 spiro atoms. The molecule has 1 aromatic carbocycles. The van der Waals surface area contributed by atoms with Crippen LogP contribution in [0.15, 0.2) is 24.3 Å². The highest BCUT2D eigenvalue weighted by atomic mass is 32.2. The zero-order valence-electron chi connectivity index (χ0n) is 21.0. The first kappa shape index (κ1) is 34.2. The molecule has 1 aromatic rings. The molecule has 0 saturated heterocycles. The Balaban J connectivity index is 0.00000684. The number of hydrogen-bond donors (Lipinski definition) is 0. The van der Waals surface area contributed by atoms with Crippen molar-refractivity contribution >= 4 is 32.6 Å². The molecule has 0 amide bonds. The van der Waals surface area contributed by atoms with Crippen LogP contribution in [0, 0.1) is 17.7 Å². The zero-order chi connectivity index (χ0) is 26.6. The fourth-order valence-electron chi connectivity index (χ4n) is 4.24. The van der Waals surface area contributed by atoms with E-state index in [-0.39, 0.29) is 38.1 Å². The summed E-state index contributed by atoms with van der Waals surface area (Å²) in [5, 5.41) is 0. The SMILES string of the molecule is C.CCCOOSO[C@H]1CC[C@H](COS(=O)(=O)CCC)[C@@H](COS(=O)(=O)CCC)[C@@H]1c1ccc(F)cc1. The van der Waals surface area contributed by atoms with Gasteiger partial charge in [0.1, 0.15) is 5.82 Å². The monoisotopic (exact) mass is 588 g/mol. The van der Waals surface area contributed by atoms with Gasteiger partial charge in [-0.15, -0.1) is 4.33 Å². The molecule has 0 N–H and O–H groups in total. The summed E-state index contributed by atoms with van der Waals surface area (Å²) < 4.78 is 84.4. The van der Waals surface area contributed by atoms with Crippen LogP contribution in [-0.4, -0.2) is 54.3 Å². The van der Waals surface area contributed by atoms with Gasteiger partial charge in [0, 0.05) is 5.92 Å². The maximum atomic E-state index is 13.7. The van der Waals surface area contributed by atoms with E-state index in [2.05, 4.69) is 0 Å². The van der Waals surface area contributed by atoms with Crippen LogP contribution in [0.5, 0.6) is 0 Å². The molecule has 0 heterocycles. The van der Waals surface area contributed by atoms with Crippen molar-refractivity contribution in [2.24, 2.45) is 11.8 Å². The third-order valence-electron chi connectivity index (χ3n) is 5.88. The van der Waals surface area contributed by atoms with Crippen LogP contribution in [0.25, 0.3) is 0 Å². The molecule has 1 fully saturated rings. The lowest BCUT2D eigenvalue weighted by Crippen LogP contribution is -2.42. The van der Waals surface area contributed by atoms with E-state index >= 15 is 0 Å². The van der Waals surface area contributed by atoms with Crippen LogP contribution >= 0.6 is 12.3 Å². The van der Waals surface area contributed by atoms with Crippen molar-refractivity contribution in [3.05, 3.63) is 35.6 Å². The van der Waals surface area contributed by atoms with E-state index in [1.54, 1.807) is 26.0 Å². The average Bonchev–Trinajstić information content (AvgIpc) is 2.82. The first-order valence-electron chi connectivity index (χ1n) is 12.2. The van der Waals surface area contributed by atoms with Crippen LogP contribution in [-0.2, 0) is 42.0 Å². The summed E-state index contributed by atoms with van der Waals surface area (Å²) in [5.74, 6) is -1.93. The maximum absolute atomic E-state index is 13.7. The van der Waals surface area contributed by atoms with Crippen molar-refractivity contribution in [3.8, 4) is 0 Å². The molecule has 1 aliphatic carbocycles. The van der Waals surface area contributed by atoms with E-state index in [9.17, 15) is 21.2 Å². The van der Waals surface area contributed by atoms with Gasteiger partial charge < -0.3 is 0 Å². The molecule has 4 atom stereocenters. The number of rotatable bonds is 17. The van der Waals surface area contributed by atoms with Crippen LogP contribution in [0.2, 0.25) is 0 Å². The van der Waals surface area contributed by atoms with E-state index in [4.69, 9.17) is 21.8 Å². The summed E-state index contributed by atoms with van der Waals surface area (Å²) in [6.45, 7) is 5.50. The molecular formula is C24H41FO9S3. The normalized spacial score (nSPS) is 22.5. The lowest BCUT2D eigenvalue weighted by molar-refractivity contribution is -0.197. The van der Waals surface area contributed by atoms with Crippen molar-refractivity contribution in [1.82, 2.24) is 0 Å². The fourth-order valence-corrected chi connectivity index (χ4v) is 6.68. The highest BCUT2D eigenvalue weighted by molar-refractivity contribution is 7.89.